The Morgan fingerprint density at radius 1 is 1.44 bits per heavy atom. The minimum atomic E-state index is -0.721. The number of carbonyl (C=O) groups is 1. The molecule has 88 valence electrons. The fraction of sp³-hybridized carbons (Fsp3) is 0.455. The summed E-state index contributed by atoms with van der Waals surface area (Å²) in [5.74, 6) is 0. The van der Waals surface area contributed by atoms with Crippen molar-refractivity contribution in [1.82, 2.24) is 4.73 Å². The van der Waals surface area contributed by atoms with Crippen molar-refractivity contribution >= 4 is 6.09 Å². The predicted octanol–water partition coefficient (Wildman–Crippen LogP) is 1.87. The van der Waals surface area contributed by atoms with Crippen molar-refractivity contribution in [2.75, 3.05) is 0 Å². The molecule has 0 fully saturated rings. The van der Waals surface area contributed by atoms with Crippen LogP contribution in [0.15, 0.2) is 23.2 Å². The fourth-order valence-corrected chi connectivity index (χ4v) is 1.06. The van der Waals surface area contributed by atoms with Gasteiger partial charge < -0.3 is 9.94 Å². The van der Waals surface area contributed by atoms with Gasteiger partial charge >= 0.3 is 6.09 Å². The number of hydrogen-bond acceptors (Lipinski definition) is 3. The highest BCUT2D eigenvalue weighted by Gasteiger charge is 2.15. The van der Waals surface area contributed by atoms with Crippen LogP contribution >= 0.6 is 0 Å². The van der Waals surface area contributed by atoms with Gasteiger partial charge in [0.2, 0.25) is 0 Å². The summed E-state index contributed by atoms with van der Waals surface area (Å²) < 4.78 is 5.84. The highest BCUT2D eigenvalue weighted by atomic mass is 16.6. The normalized spacial score (nSPS) is 12.6. The van der Waals surface area contributed by atoms with Gasteiger partial charge in [-0.25, -0.2) is 4.79 Å². The van der Waals surface area contributed by atoms with Crippen LogP contribution in [-0.4, -0.2) is 21.6 Å². The van der Waals surface area contributed by atoms with Crippen molar-refractivity contribution in [3.63, 3.8) is 0 Å². The lowest BCUT2D eigenvalue weighted by molar-refractivity contribution is 0.0586. The van der Waals surface area contributed by atoms with Crippen molar-refractivity contribution in [3.8, 4) is 0 Å². The average molecular weight is 224 g/mol. The zero-order valence-electron chi connectivity index (χ0n) is 9.89. The van der Waals surface area contributed by atoms with Crippen LogP contribution in [0.5, 0.6) is 0 Å². The number of amides is 1. The summed E-state index contributed by atoms with van der Waals surface area (Å²) in [7, 11) is 0. The molecule has 1 N–H and O–H groups in total. The molecule has 5 nitrogen and oxygen atoms in total. The van der Waals surface area contributed by atoms with Crippen LogP contribution in [0.2, 0.25) is 0 Å². The quantitative estimate of drug-likeness (QED) is 0.684. The monoisotopic (exact) mass is 224 g/mol. The molecular weight excluding hydrogens is 208 g/mol. The third-order valence-corrected chi connectivity index (χ3v) is 1.73. The van der Waals surface area contributed by atoms with E-state index in [1.807, 2.05) is 0 Å². The number of aryl methyl sites for hydroxylation is 1. The Balaban J connectivity index is 3.01. The first-order valence-electron chi connectivity index (χ1n) is 4.95. The molecule has 0 aliphatic carbocycles. The smallest absolute Gasteiger partial charge is 0.436 e. The van der Waals surface area contributed by atoms with E-state index in [2.05, 4.69) is 4.99 Å². The second-order valence-electron chi connectivity index (χ2n) is 4.43. The third kappa shape index (κ3) is 3.42. The Labute approximate surface area is 94.0 Å². The second kappa shape index (κ2) is 4.38. The maximum atomic E-state index is 11.4. The number of rotatable bonds is 0. The molecule has 0 atom stereocenters. The molecule has 1 heterocycles. The number of nitrogens with zero attached hydrogens (tertiary/aromatic N) is 2. The summed E-state index contributed by atoms with van der Waals surface area (Å²) in [6.45, 7) is 6.96. The molecule has 0 aliphatic heterocycles. The van der Waals surface area contributed by atoms with Crippen molar-refractivity contribution in [3.05, 3.63) is 29.4 Å². The van der Waals surface area contributed by atoms with Gasteiger partial charge in [0.1, 0.15) is 5.60 Å². The topological polar surface area (TPSA) is 63.8 Å². The van der Waals surface area contributed by atoms with Gasteiger partial charge in [0.05, 0.1) is 5.69 Å². The SMILES string of the molecule is Cc1cccc(=NC(=O)OC(C)(C)C)n1O. The predicted molar refractivity (Wildman–Crippen MR) is 58.2 cm³/mol. The highest BCUT2D eigenvalue weighted by Crippen LogP contribution is 2.07. The zero-order valence-corrected chi connectivity index (χ0v) is 9.89. The molecule has 1 rings (SSSR count). The van der Waals surface area contributed by atoms with Crippen LogP contribution in [0, 0.1) is 6.92 Å². The van der Waals surface area contributed by atoms with E-state index in [1.165, 1.54) is 6.07 Å². The molecule has 16 heavy (non-hydrogen) atoms. The Morgan fingerprint density at radius 3 is 2.62 bits per heavy atom. The summed E-state index contributed by atoms with van der Waals surface area (Å²) in [5.41, 5.74) is 0.143. The molecule has 1 amide bonds. The van der Waals surface area contributed by atoms with Crippen molar-refractivity contribution in [1.29, 1.82) is 0 Å². The van der Waals surface area contributed by atoms with Gasteiger partial charge in [-0.2, -0.15) is 9.72 Å². The Hall–Kier alpha value is -1.78. The van der Waals surface area contributed by atoms with E-state index in [4.69, 9.17) is 4.74 Å². The first-order valence-corrected chi connectivity index (χ1v) is 4.95. The van der Waals surface area contributed by atoms with E-state index in [1.54, 1.807) is 39.8 Å². The number of carbonyl (C=O) groups excluding carboxylic acids is 1. The maximum Gasteiger partial charge on any atom is 0.436 e. The summed E-state index contributed by atoms with van der Waals surface area (Å²) >= 11 is 0. The molecule has 0 saturated carbocycles. The largest absolute Gasteiger partial charge is 0.442 e. The van der Waals surface area contributed by atoms with Gasteiger partial charge in [-0.15, -0.1) is 0 Å². The van der Waals surface area contributed by atoms with E-state index in [-0.39, 0.29) is 5.49 Å². The standard InChI is InChI=1S/C11H16N2O3/c1-8-6-5-7-9(13(8)15)12-10(14)16-11(2,3)4/h5-7,15H,1-4H3. The number of aromatic nitrogens is 1. The molecule has 0 aliphatic rings. The van der Waals surface area contributed by atoms with E-state index in [0.29, 0.717) is 5.69 Å². The molecule has 0 saturated heterocycles. The number of pyridine rings is 1. The lowest BCUT2D eigenvalue weighted by Gasteiger charge is -2.17. The molecule has 1 aromatic rings. The van der Waals surface area contributed by atoms with Crippen LogP contribution in [-0.2, 0) is 4.74 Å². The first kappa shape index (κ1) is 12.3. The first-order chi connectivity index (χ1) is 7.29. The molecule has 0 bridgehead atoms. The van der Waals surface area contributed by atoms with Crippen molar-refractivity contribution < 1.29 is 14.7 Å². The van der Waals surface area contributed by atoms with Gasteiger partial charge in [0, 0.05) is 0 Å². The lowest BCUT2D eigenvalue weighted by atomic mass is 10.2. The second-order valence-corrected chi connectivity index (χ2v) is 4.43. The summed E-state index contributed by atoms with van der Waals surface area (Å²) in [6.07, 6.45) is -0.721. The van der Waals surface area contributed by atoms with Crippen LogP contribution in [0.3, 0.4) is 0 Å². The zero-order chi connectivity index (χ0) is 12.3. The molecule has 5 heteroatoms. The minimum Gasteiger partial charge on any atom is -0.442 e. The maximum absolute atomic E-state index is 11.4. The average Bonchev–Trinajstić information content (AvgIpc) is 2.09. The molecular formula is C11H16N2O3. The van der Waals surface area contributed by atoms with Gasteiger partial charge in [0.15, 0.2) is 5.49 Å². The Bertz CT molecular complexity index is 455. The van der Waals surface area contributed by atoms with Gasteiger partial charge in [-0.3, -0.25) is 0 Å². The molecule has 0 radical (unpaired) electrons. The number of ether oxygens (including phenoxy) is 1. The van der Waals surface area contributed by atoms with Crippen molar-refractivity contribution in [2.45, 2.75) is 33.3 Å². The molecule has 0 spiro atoms. The van der Waals surface area contributed by atoms with Crippen LogP contribution in [0.4, 0.5) is 4.79 Å². The van der Waals surface area contributed by atoms with Gasteiger partial charge in [0.25, 0.3) is 0 Å². The van der Waals surface area contributed by atoms with Crippen LogP contribution in [0.1, 0.15) is 26.5 Å². The van der Waals surface area contributed by atoms with E-state index < -0.39 is 11.7 Å². The fourth-order valence-electron chi connectivity index (χ4n) is 1.06. The Kier molecular flexibility index (Phi) is 3.37. The summed E-state index contributed by atoms with van der Waals surface area (Å²) in [4.78, 5) is 15.0. The van der Waals surface area contributed by atoms with Gasteiger partial charge in [-0.05, 0) is 39.8 Å². The van der Waals surface area contributed by atoms with Crippen molar-refractivity contribution in [2.24, 2.45) is 4.99 Å². The lowest BCUT2D eigenvalue weighted by Crippen LogP contribution is -2.26. The summed E-state index contributed by atoms with van der Waals surface area (Å²) in [6, 6.07) is 4.93. The Morgan fingerprint density at radius 2 is 2.06 bits per heavy atom. The molecule has 0 aromatic carbocycles. The molecule has 1 aromatic heterocycles. The van der Waals surface area contributed by atoms with E-state index >= 15 is 0 Å². The third-order valence-electron chi connectivity index (χ3n) is 1.73. The van der Waals surface area contributed by atoms with E-state index in [0.717, 1.165) is 4.73 Å². The minimum absolute atomic E-state index is 0.147. The highest BCUT2D eigenvalue weighted by molar-refractivity contribution is 5.68. The van der Waals surface area contributed by atoms with Gasteiger partial charge in [-0.1, -0.05) is 6.07 Å². The van der Waals surface area contributed by atoms with Crippen LogP contribution < -0.4 is 5.49 Å². The molecule has 0 unspecified atom stereocenters. The summed E-state index contributed by atoms with van der Waals surface area (Å²) in [5, 5.41) is 9.56. The number of hydrogen-bond donors (Lipinski definition) is 1. The van der Waals surface area contributed by atoms with Crippen LogP contribution in [0.25, 0.3) is 0 Å². The van der Waals surface area contributed by atoms with E-state index in [9.17, 15) is 10.0 Å².